The topological polar surface area (TPSA) is 39.4 Å². The lowest BCUT2D eigenvalue weighted by atomic mass is 10.1. The molecule has 0 bridgehead atoms. The molecule has 0 unspecified atom stereocenters. The molecule has 4 aromatic rings. The van der Waals surface area contributed by atoms with Gasteiger partial charge in [-0.1, -0.05) is 48.5 Å². The minimum Gasteiger partial charge on any atom is -0.487 e. The molecule has 0 atom stereocenters. The highest BCUT2D eigenvalue weighted by molar-refractivity contribution is 5.66. The van der Waals surface area contributed by atoms with Crippen LogP contribution in [0.25, 0.3) is 16.9 Å². The molecule has 0 fully saturated rings. The van der Waals surface area contributed by atoms with Crippen LogP contribution in [0, 0.1) is 0 Å². The van der Waals surface area contributed by atoms with Crippen LogP contribution in [0.15, 0.2) is 79.3 Å². The lowest BCUT2D eigenvalue weighted by Crippen LogP contribution is -2.04. The highest BCUT2D eigenvalue weighted by Crippen LogP contribution is 2.24. The van der Waals surface area contributed by atoms with Crippen molar-refractivity contribution in [1.29, 1.82) is 0 Å². The van der Waals surface area contributed by atoms with Crippen LogP contribution in [0.2, 0.25) is 0 Å². The Balaban J connectivity index is 1.74. The highest BCUT2D eigenvalue weighted by atomic mass is 16.5. The van der Waals surface area contributed by atoms with Gasteiger partial charge in [0.15, 0.2) is 0 Å². The van der Waals surface area contributed by atoms with Crippen molar-refractivity contribution in [2.75, 3.05) is 0 Å². The van der Waals surface area contributed by atoms with Gasteiger partial charge in [0.1, 0.15) is 12.4 Å². The largest absolute Gasteiger partial charge is 0.487 e. The maximum Gasteiger partial charge on any atom is 0.234 e. The summed E-state index contributed by atoms with van der Waals surface area (Å²) in [5.41, 5.74) is 3.04. The molecule has 0 spiro atoms. The molecule has 0 aliphatic rings. The summed E-state index contributed by atoms with van der Waals surface area (Å²) in [6, 6.07) is 20.0. The van der Waals surface area contributed by atoms with Crippen molar-refractivity contribution in [3.8, 4) is 16.9 Å². The van der Waals surface area contributed by atoms with E-state index in [1.54, 1.807) is 6.20 Å². The SMILES string of the molecule is c1ccc(OCc2nc3nccn3cc2-c2ccccc2)cc1. The number of imidazole rings is 1. The number of fused-ring (bicyclic) bond motifs is 1. The second kappa shape index (κ2) is 5.93. The molecular formula is C19H15N3O. The molecule has 0 amide bonds. The Bertz CT molecular complexity index is 917. The van der Waals surface area contributed by atoms with E-state index in [0.29, 0.717) is 12.4 Å². The van der Waals surface area contributed by atoms with Gasteiger partial charge in [0.25, 0.3) is 0 Å². The van der Waals surface area contributed by atoms with Crippen molar-refractivity contribution in [3.63, 3.8) is 0 Å². The van der Waals surface area contributed by atoms with E-state index in [1.807, 2.05) is 65.3 Å². The van der Waals surface area contributed by atoms with E-state index in [0.717, 1.165) is 22.6 Å². The standard InChI is InChI=1S/C19H15N3O/c1-3-7-15(8-4-1)17-13-22-12-11-20-19(22)21-18(17)14-23-16-9-5-2-6-10-16/h1-13H,14H2. The van der Waals surface area contributed by atoms with Gasteiger partial charge in [0.2, 0.25) is 5.78 Å². The number of ether oxygens (including phenoxy) is 1. The first-order valence-corrected chi connectivity index (χ1v) is 7.46. The number of nitrogens with zero attached hydrogens (tertiary/aromatic N) is 3. The highest BCUT2D eigenvalue weighted by Gasteiger charge is 2.10. The summed E-state index contributed by atoms with van der Waals surface area (Å²) < 4.78 is 7.81. The first-order chi connectivity index (χ1) is 11.4. The molecule has 4 heteroatoms. The lowest BCUT2D eigenvalue weighted by Gasteiger charge is -2.11. The first kappa shape index (κ1) is 13.5. The minimum atomic E-state index is 0.400. The van der Waals surface area contributed by atoms with Gasteiger partial charge in [-0.2, -0.15) is 0 Å². The van der Waals surface area contributed by atoms with E-state index in [2.05, 4.69) is 22.1 Å². The Kier molecular flexibility index (Phi) is 3.48. The smallest absolute Gasteiger partial charge is 0.234 e. The third-order valence-electron chi connectivity index (χ3n) is 3.67. The van der Waals surface area contributed by atoms with E-state index < -0.39 is 0 Å². The van der Waals surface area contributed by atoms with Crippen LogP contribution in [0.5, 0.6) is 5.75 Å². The van der Waals surface area contributed by atoms with Crippen LogP contribution >= 0.6 is 0 Å². The Morgan fingerprint density at radius 1 is 0.913 bits per heavy atom. The van der Waals surface area contributed by atoms with Gasteiger partial charge in [-0.25, -0.2) is 9.97 Å². The van der Waals surface area contributed by atoms with Crippen molar-refractivity contribution >= 4 is 5.78 Å². The predicted octanol–water partition coefficient (Wildman–Crippen LogP) is 3.98. The Hall–Kier alpha value is -3.14. The van der Waals surface area contributed by atoms with Gasteiger partial charge in [-0.15, -0.1) is 0 Å². The van der Waals surface area contributed by atoms with Crippen LogP contribution < -0.4 is 4.74 Å². The number of rotatable bonds is 4. The number of aromatic nitrogens is 3. The molecular weight excluding hydrogens is 286 g/mol. The summed E-state index contributed by atoms with van der Waals surface area (Å²) in [5.74, 6) is 1.51. The maximum absolute atomic E-state index is 5.88. The van der Waals surface area contributed by atoms with Crippen molar-refractivity contribution in [3.05, 3.63) is 84.9 Å². The summed E-state index contributed by atoms with van der Waals surface area (Å²) in [6.07, 6.45) is 5.70. The molecule has 23 heavy (non-hydrogen) atoms. The number of hydrogen-bond donors (Lipinski definition) is 0. The van der Waals surface area contributed by atoms with E-state index in [-0.39, 0.29) is 0 Å². The molecule has 2 heterocycles. The summed E-state index contributed by atoms with van der Waals surface area (Å²) in [5, 5.41) is 0. The second-order valence-corrected chi connectivity index (χ2v) is 5.20. The van der Waals surface area contributed by atoms with E-state index in [4.69, 9.17) is 4.74 Å². The number of para-hydroxylation sites is 1. The second-order valence-electron chi connectivity index (χ2n) is 5.20. The Labute approximate surface area is 134 Å². The summed E-state index contributed by atoms with van der Waals surface area (Å²) >= 11 is 0. The minimum absolute atomic E-state index is 0.400. The molecule has 112 valence electrons. The monoisotopic (exact) mass is 301 g/mol. The van der Waals surface area contributed by atoms with Crippen molar-refractivity contribution in [2.24, 2.45) is 0 Å². The average Bonchev–Trinajstić information content (AvgIpc) is 3.08. The van der Waals surface area contributed by atoms with Crippen LogP contribution in [-0.4, -0.2) is 14.4 Å². The maximum atomic E-state index is 5.88. The zero-order chi connectivity index (χ0) is 15.5. The molecule has 0 saturated heterocycles. The predicted molar refractivity (Wildman–Crippen MR) is 89.2 cm³/mol. The number of benzene rings is 2. The van der Waals surface area contributed by atoms with E-state index in [9.17, 15) is 0 Å². The van der Waals surface area contributed by atoms with Gasteiger partial charge < -0.3 is 4.74 Å². The lowest BCUT2D eigenvalue weighted by molar-refractivity contribution is 0.302. The average molecular weight is 301 g/mol. The van der Waals surface area contributed by atoms with Crippen molar-refractivity contribution in [1.82, 2.24) is 14.4 Å². The molecule has 4 rings (SSSR count). The Morgan fingerprint density at radius 3 is 2.43 bits per heavy atom. The van der Waals surface area contributed by atoms with Crippen LogP contribution in [0.4, 0.5) is 0 Å². The van der Waals surface area contributed by atoms with Crippen LogP contribution in [0.3, 0.4) is 0 Å². The molecule has 0 aliphatic heterocycles. The molecule has 0 saturated carbocycles. The fourth-order valence-electron chi connectivity index (χ4n) is 2.52. The van der Waals surface area contributed by atoms with Crippen molar-refractivity contribution < 1.29 is 4.74 Å². The molecule has 2 aromatic heterocycles. The van der Waals surface area contributed by atoms with Gasteiger partial charge in [-0.05, 0) is 17.7 Å². The Morgan fingerprint density at radius 2 is 1.65 bits per heavy atom. The third-order valence-corrected chi connectivity index (χ3v) is 3.67. The van der Waals surface area contributed by atoms with Gasteiger partial charge in [-0.3, -0.25) is 4.40 Å². The zero-order valence-electron chi connectivity index (χ0n) is 12.5. The van der Waals surface area contributed by atoms with Crippen LogP contribution in [-0.2, 0) is 6.61 Å². The quantitative estimate of drug-likeness (QED) is 0.572. The van der Waals surface area contributed by atoms with Gasteiger partial charge in [0.05, 0.1) is 5.69 Å². The summed E-state index contributed by atoms with van der Waals surface area (Å²) in [4.78, 5) is 8.92. The summed E-state index contributed by atoms with van der Waals surface area (Å²) in [7, 11) is 0. The molecule has 4 nitrogen and oxygen atoms in total. The van der Waals surface area contributed by atoms with Crippen molar-refractivity contribution in [2.45, 2.75) is 6.61 Å². The zero-order valence-corrected chi connectivity index (χ0v) is 12.5. The van der Waals surface area contributed by atoms with Gasteiger partial charge in [0, 0.05) is 24.2 Å². The normalized spacial score (nSPS) is 10.8. The molecule has 0 N–H and O–H groups in total. The molecule has 0 radical (unpaired) electrons. The summed E-state index contributed by atoms with van der Waals surface area (Å²) in [6.45, 7) is 0.400. The molecule has 0 aliphatic carbocycles. The third kappa shape index (κ3) is 2.79. The van der Waals surface area contributed by atoms with Crippen LogP contribution in [0.1, 0.15) is 5.69 Å². The fraction of sp³-hybridized carbons (Fsp3) is 0.0526. The first-order valence-electron chi connectivity index (χ1n) is 7.46. The van der Waals surface area contributed by atoms with E-state index >= 15 is 0 Å². The fourth-order valence-corrected chi connectivity index (χ4v) is 2.52. The number of hydrogen-bond acceptors (Lipinski definition) is 3. The van der Waals surface area contributed by atoms with E-state index in [1.165, 1.54) is 0 Å². The molecule has 2 aromatic carbocycles. The van der Waals surface area contributed by atoms with Gasteiger partial charge >= 0.3 is 0 Å².